The highest BCUT2D eigenvalue weighted by Crippen LogP contribution is 2.27. The molecule has 0 fully saturated rings. The fourth-order valence-electron chi connectivity index (χ4n) is 2.76. The lowest BCUT2D eigenvalue weighted by atomic mass is 10.2. The first-order chi connectivity index (χ1) is 13.6. The van der Waals surface area contributed by atoms with Crippen LogP contribution in [0.2, 0.25) is 5.02 Å². The maximum Gasteiger partial charge on any atom is 0.272 e. The second-order valence-corrected chi connectivity index (χ2v) is 7.26. The van der Waals surface area contributed by atoms with Crippen LogP contribution in [-0.4, -0.2) is 30.8 Å². The number of amides is 1. The van der Waals surface area contributed by atoms with Crippen molar-refractivity contribution < 1.29 is 14.3 Å². The van der Waals surface area contributed by atoms with Gasteiger partial charge in [0, 0.05) is 24.3 Å². The molecule has 0 saturated heterocycles. The van der Waals surface area contributed by atoms with Gasteiger partial charge in [-0.25, -0.2) is 0 Å². The monoisotopic (exact) mass is 416 g/mol. The normalized spacial score (nSPS) is 12.2. The topological polar surface area (TPSA) is 52.8 Å². The number of methoxy groups -OCH3 is 1. The number of hydrogen-bond donors (Lipinski definition) is 0. The third-order valence-corrected chi connectivity index (χ3v) is 5.45. The molecule has 28 heavy (non-hydrogen) atoms. The van der Waals surface area contributed by atoms with Crippen LogP contribution in [0.15, 0.2) is 53.5 Å². The number of carbonyl (C=O) groups excluding carboxylic acids is 1. The third kappa shape index (κ3) is 4.70. The van der Waals surface area contributed by atoms with Gasteiger partial charge < -0.3 is 14.0 Å². The van der Waals surface area contributed by atoms with Crippen molar-refractivity contribution in [2.24, 2.45) is 4.99 Å². The van der Waals surface area contributed by atoms with Crippen molar-refractivity contribution >= 4 is 45.1 Å². The Kier molecular flexibility index (Phi) is 7.03. The highest BCUT2D eigenvalue weighted by atomic mass is 35.5. The van der Waals surface area contributed by atoms with Gasteiger partial charge in [-0.05, 0) is 36.8 Å². The molecule has 0 spiro atoms. The number of nitrogens with zero attached hydrogens (tertiary/aromatic N) is 2. The Morgan fingerprint density at radius 2 is 2.07 bits per heavy atom. The summed E-state index contributed by atoms with van der Waals surface area (Å²) >= 11 is 7.57. The van der Waals surface area contributed by atoms with Crippen LogP contribution in [0.3, 0.4) is 0 Å². The van der Waals surface area contributed by atoms with Crippen LogP contribution in [-0.2, 0) is 16.1 Å². The summed E-state index contributed by atoms with van der Waals surface area (Å²) in [6, 6.07) is 13.2. The largest absolute Gasteiger partial charge is 0.495 e. The fraction of sp³-hybridized carbons (Fsp3) is 0.238. The molecule has 0 bridgehead atoms. The van der Waals surface area contributed by atoms with E-state index in [0.29, 0.717) is 29.6 Å². The average molecular weight is 417 g/mol. The van der Waals surface area contributed by atoms with Gasteiger partial charge in [0.15, 0.2) is 4.80 Å². The number of rotatable bonds is 7. The molecule has 5 nitrogen and oxygen atoms in total. The van der Waals surface area contributed by atoms with Crippen molar-refractivity contribution in [3.8, 4) is 5.75 Å². The first-order valence-corrected chi connectivity index (χ1v) is 10.1. The molecule has 0 aliphatic rings. The Hall–Kier alpha value is -2.41. The van der Waals surface area contributed by atoms with Crippen molar-refractivity contribution in [1.29, 1.82) is 0 Å². The van der Waals surface area contributed by atoms with E-state index in [9.17, 15) is 4.79 Å². The molecule has 0 N–H and O–H groups in total. The lowest BCUT2D eigenvalue weighted by Gasteiger charge is -2.08. The molecule has 146 valence electrons. The van der Waals surface area contributed by atoms with Crippen LogP contribution in [0.1, 0.15) is 12.5 Å². The summed E-state index contributed by atoms with van der Waals surface area (Å²) in [4.78, 5) is 17.3. The Balaban J connectivity index is 1.99. The van der Waals surface area contributed by atoms with Gasteiger partial charge in [-0.2, -0.15) is 4.99 Å². The number of fused-ring (bicyclic) bond motifs is 1. The van der Waals surface area contributed by atoms with E-state index in [1.807, 2.05) is 47.9 Å². The number of halogens is 1. The zero-order chi connectivity index (χ0) is 19.9. The van der Waals surface area contributed by atoms with Gasteiger partial charge in [-0.1, -0.05) is 47.2 Å². The van der Waals surface area contributed by atoms with Crippen molar-refractivity contribution in [2.75, 3.05) is 20.3 Å². The minimum absolute atomic E-state index is 0.351. The Labute approximate surface area is 172 Å². The predicted molar refractivity (Wildman–Crippen MR) is 114 cm³/mol. The number of benzene rings is 2. The van der Waals surface area contributed by atoms with Crippen molar-refractivity contribution in [3.05, 3.63) is 63.9 Å². The van der Waals surface area contributed by atoms with Crippen molar-refractivity contribution in [1.82, 2.24) is 4.57 Å². The van der Waals surface area contributed by atoms with Crippen LogP contribution in [0.5, 0.6) is 5.75 Å². The van der Waals surface area contributed by atoms with Crippen molar-refractivity contribution in [2.45, 2.75) is 13.5 Å². The summed E-state index contributed by atoms with van der Waals surface area (Å²) in [7, 11) is 1.63. The molecular weight excluding hydrogens is 396 g/mol. The number of ether oxygens (including phenoxy) is 2. The molecule has 0 radical (unpaired) electrons. The first kappa shape index (κ1) is 20.3. The van der Waals surface area contributed by atoms with E-state index in [1.165, 1.54) is 17.4 Å². The van der Waals surface area contributed by atoms with Gasteiger partial charge in [0.05, 0.1) is 18.4 Å². The number of para-hydroxylation sites is 1. The molecule has 0 aliphatic carbocycles. The van der Waals surface area contributed by atoms with Crippen LogP contribution in [0.4, 0.5) is 0 Å². The molecule has 7 heteroatoms. The summed E-state index contributed by atoms with van der Waals surface area (Å²) in [5.41, 5.74) is 1.69. The van der Waals surface area contributed by atoms with Crippen LogP contribution in [0, 0.1) is 0 Å². The van der Waals surface area contributed by atoms with E-state index in [1.54, 1.807) is 19.3 Å². The summed E-state index contributed by atoms with van der Waals surface area (Å²) in [5, 5.41) is 0.588. The van der Waals surface area contributed by atoms with E-state index in [4.69, 9.17) is 21.1 Å². The Bertz CT molecular complexity index is 1070. The van der Waals surface area contributed by atoms with Gasteiger partial charge in [-0.3, -0.25) is 4.79 Å². The zero-order valence-corrected chi connectivity index (χ0v) is 17.3. The van der Waals surface area contributed by atoms with E-state index in [2.05, 4.69) is 4.99 Å². The molecule has 1 amide bonds. The van der Waals surface area contributed by atoms with E-state index in [0.717, 1.165) is 21.5 Å². The average Bonchev–Trinajstić information content (AvgIpc) is 3.04. The van der Waals surface area contributed by atoms with Crippen LogP contribution >= 0.6 is 22.9 Å². The smallest absolute Gasteiger partial charge is 0.272 e. The summed E-state index contributed by atoms with van der Waals surface area (Å²) in [5.74, 6) is 0.390. The number of thiazole rings is 1. The molecule has 1 heterocycles. The standard InChI is InChI=1S/C21H21ClN2O3S/c1-3-27-14-13-24-20-17(26-2)9-6-10-18(20)28-21(24)23-19(25)12-11-15-7-4-5-8-16(15)22/h4-12H,3,13-14H2,1-2H3/b12-11+,23-21?. The van der Waals surface area contributed by atoms with Gasteiger partial charge in [0.1, 0.15) is 11.3 Å². The maximum atomic E-state index is 12.4. The molecule has 0 atom stereocenters. The van der Waals surface area contributed by atoms with Gasteiger partial charge in [0.2, 0.25) is 0 Å². The molecule has 3 aromatic rings. The molecule has 0 aliphatic heterocycles. The summed E-state index contributed by atoms with van der Waals surface area (Å²) in [6.45, 7) is 3.68. The molecule has 0 saturated carbocycles. The van der Waals surface area contributed by atoms with Gasteiger partial charge >= 0.3 is 0 Å². The summed E-state index contributed by atoms with van der Waals surface area (Å²) < 4.78 is 14.0. The lowest BCUT2D eigenvalue weighted by Crippen LogP contribution is -2.19. The highest BCUT2D eigenvalue weighted by molar-refractivity contribution is 7.16. The predicted octanol–water partition coefficient (Wildman–Crippen LogP) is 4.54. The maximum absolute atomic E-state index is 12.4. The molecule has 2 aromatic carbocycles. The molecular formula is C21H21ClN2O3S. The van der Waals surface area contributed by atoms with Crippen LogP contribution < -0.4 is 9.54 Å². The zero-order valence-electron chi connectivity index (χ0n) is 15.7. The second kappa shape index (κ2) is 9.68. The molecule has 0 unspecified atom stereocenters. The van der Waals surface area contributed by atoms with Crippen LogP contribution in [0.25, 0.3) is 16.3 Å². The fourth-order valence-corrected chi connectivity index (χ4v) is 4.04. The van der Waals surface area contributed by atoms with E-state index < -0.39 is 0 Å². The Morgan fingerprint density at radius 1 is 1.25 bits per heavy atom. The van der Waals surface area contributed by atoms with Gasteiger partial charge in [-0.15, -0.1) is 0 Å². The number of hydrogen-bond acceptors (Lipinski definition) is 4. The van der Waals surface area contributed by atoms with E-state index in [-0.39, 0.29) is 5.91 Å². The third-order valence-electron chi connectivity index (χ3n) is 4.06. The molecule has 1 aromatic heterocycles. The quantitative estimate of drug-likeness (QED) is 0.419. The second-order valence-electron chi connectivity index (χ2n) is 5.85. The minimum atomic E-state index is -0.351. The number of aromatic nitrogens is 1. The number of carbonyl (C=O) groups is 1. The summed E-state index contributed by atoms with van der Waals surface area (Å²) in [6.07, 6.45) is 3.10. The van der Waals surface area contributed by atoms with Crippen molar-refractivity contribution in [3.63, 3.8) is 0 Å². The Morgan fingerprint density at radius 3 is 2.82 bits per heavy atom. The van der Waals surface area contributed by atoms with Gasteiger partial charge in [0.25, 0.3) is 5.91 Å². The van der Waals surface area contributed by atoms with E-state index >= 15 is 0 Å². The lowest BCUT2D eigenvalue weighted by molar-refractivity contribution is -0.113. The first-order valence-electron chi connectivity index (χ1n) is 8.89. The highest BCUT2D eigenvalue weighted by Gasteiger charge is 2.12. The molecule has 3 rings (SSSR count). The SMILES string of the molecule is CCOCCn1c(=NC(=O)/C=C/c2ccccc2Cl)sc2cccc(OC)c21. The minimum Gasteiger partial charge on any atom is -0.495 e.